The molecule has 0 aliphatic heterocycles. The third-order valence-electron chi connectivity index (χ3n) is 3.54. The second-order valence-electron chi connectivity index (χ2n) is 5.38. The molecule has 2 aromatic rings. The number of aryl methyl sites for hydroxylation is 2. The molecular formula is C15H20N4O3S. The van der Waals surface area contributed by atoms with Crippen LogP contribution in [0.2, 0.25) is 0 Å². The topological polar surface area (TPSA) is 107 Å². The number of sulfonamides is 1. The van der Waals surface area contributed by atoms with Crippen molar-refractivity contribution in [3.63, 3.8) is 0 Å². The summed E-state index contributed by atoms with van der Waals surface area (Å²) in [6, 6.07) is 7.77. The molecule has 1 heterocycles. The Labute approximate surface area is 135 Å². The summed E-state index contributed by atoms with van der Waals surface area (Å²) in [6.07, 6.45) is 2.68. The Morgan fingerprint density at radius 3 is 2.70 bits per heavy atom. The summed E-state index contributed by atoms with van der Waals surface area (Å²) in [5.74, 6) is -0.131. The number of rotatable bonds is 6. The van der Waals surface area contributed by atoms with E-state index in [4.69, 9.17) is 5.14 Å². The SMILES string of the molecule is Cc1ccccc1[C@H](C)NC(=O)CCn1cc(S(N)(=O)=O)cn1. The lowest BCUT2D eigenvalue weighted by atomic mass is 10.0. The molecule has 0 spiro atoms. The van der Waals surface area contributed by atoms with Gasteiger partial charge in [-0.3, -0.25) is 9.48 Å². The number of carbonyl (C=O) groups is 1. The standard InChI is InChI=1S/C15H20N4O3S/c1-11-5-3-4-6-14(11)12(2)18-15(20)7-8-19-10-13(9-17-19)23(16,21)22/h3-6,9-10,12H,7-8H2,1-2H3,(H,18,20)(H2,16,21,22)/t12-/m0/s1. The highest BCUT2D eigenvalue weighted by Crippen LogP contribution is 2.16. The average molecular weight is 336 g/mol. The molecule has 3 N–H and O–H groups in total. The van der Waals surface area contributed by atoms with Crippen molar-refractivity contribution in [1.29, 1.82) is 0 Å². The van der Waals surface area contributed by atoms with Crippen LogP contribution in [-0.4, -0.2) is 24.1 Å². The Morgan fingerprint density at radius 1 is 1.39 bits per heavy atom. The van der Waals surface area contributed by atoms with Crippen LogP contribution in [0.25, 0.3) is 0 Å². The van der Waals surface area contributed by atoms with Gasteiger partial charge in [0.15, 0.2) is 0 Å². The Hall–Kier alpha value is -2.19. The molecule has 1 aromatic heterocycles. The van der Waals surface area contributed by atoms with E-state index in [0.717, 1.165) is 11.1 Å². The molecule has 8 heteroatoms. The van der Waals surface area contributed by atoms with E-state index in [-0.39, 0.29) is 29.8 Å². The van der Waals surface area contributed by atoms with Crippen molar-refractivity contribution in [1.82, 2.24) is 15.1 Å². The zero-order valence-electron chi connectivity index (χ0n) is 13.1. The van der Waals surface area contributed by atoms with Crippen molar-refractivity contribution in [2.75, 3.05) is 0 Å². The van der Waals surface area contributed by atoms with Gasteiger partial charge in [-0.05, 0) is 25.0 Å². The minimum absolute atomic E-state index is 0.0637. The van der Waals surface area contributed by atoms with E-state index in [1.54, 1.807) is 0 Å². The smallest absolute Gasteiger partial charge is 0.241 e. The molecular weight excluding hydrogens is 316 g/mol. The van der Waals surface area contributed by atoms with Crippen molar-refractivity contribution >= 4 is 15.9 Å². The van der Waals surface area contributed by atoms with Crippen LogP contribution in [-0.2, 0) is 21.4 Å². The Bertz CT molecular complexity index is 799. The summed E-state index contributed by atoms with van der Waals surface area (Å²) in [7, 11) is -3.76. The molecule has 0 aliphatic carbocycles. The van der Waals surface area contributed by atoms with Crippen molar-refractivity contribution in [3.05, 3.63) is 47.8 Å². The zero-order valence-corrected chi connectivity index (χ0v) is 13.9. The fourth-order valence-corrected chi connectivity index (χ4v) is 2.76. The zero-order chi connectivity index (χ0) is 17.0. The van der Waals surface area contributed by atoms with Crippen molar-refractivity contribution in [2.45, 2.75) is 37.8 Å². The highest BCUT2D eigenvalue weighted by atomic mass is 32.2. The molecule has 0 saturated heterocycles. The summed E-state index contributed by atoms with van der Waals surface area (Å²) in [5, 5.41) is 11.8. The number of primary sulfonamides is 1. The normalized spacial score (nSPS) is 12.8. The molecule has 124 valence electrons. The second kappa shape index (κ2) is 6.93. The minimum atomic E-state index is -3.76. The molecule has 1 aromatic carbocycles. The number of nitrogens with one attached hydrogen (secondary N) is 1. The molecule has 0 radical (unpaired) electrons. The summed E-state index contributed by atoms with van der Waals surface area (Å²) in [6.45, 7) is 4.20. The lowest BCUT2D eigenvalue weighted by Gasteiger charge is -2.16. The molecule has 0 unspecified atom stereocenters. The Balaban J connectivity index is 1.90. The molecule has 0 saturated carbocycles. The van der Waals surface area contributed by atoms with Gasteiger partial charge in [0.1, 0.15) is 4.90 Å². The van der Waals surface area contributed by atoms with Crippen LogP contribution in [0, 0.1) is 6.92 Å². The van der Waals surface area contributed by atoms with Crippen LogP contribution < -0.4 is 10.5 Å². The number of nitrogens with two attached hydrogens (primary N) is 1. The largest absolute Gasteiger partial charge is 0.350 e. The number of aromatic nitrogens is 2. The fraction of sp³-hybridized carbons (Fsp3) is 0.333. The minimum Gasteiger partial charge on any atom is -0.350 e. The number of hydrogen-bond donors (Lipinski definition) is 2. The quantitative estimate of drug-likeness (QED) is 0.824. The van der Waals surface area contributed by atoms with Crippen LogP contribution >= 0.6 is 0 Å². The predicted octanol–water partition coefficient (Wildman–Crippen LogP) is 1.11. The Kier molecular flexibility index (Phi) is 5.17. The summed E-state index contributed by atoms with van der Waals surface area (Å²) < 4.78 is 23.7. The number of benzene rings is 1. The lowest BCUT2D eigenvalue weighted by Crippen LogP contribution is -2.28. The van der Waals surface area contributed by atoms with Gasteiger partial charge >= 0.3 is 0 Å². The van der Waals surface area contributed by atoms with Crippen LogP contribution in [0.15, 0.2) is 41.6 Å². The van der Waals surface area contributed by atoms with E-state index >= 15 is 0 Å². The maximum Gasteiger partial charge on any atom is 0.241 e. The number of amides is 1. The fourth-order valence-electron chi connectivity index (χ4n) is 2.29. The molecule has 7 nitrogen and oxygen atoms in total. The first-order valence-corrected chi connectivity index (χ1v) is 8.72. The molecule has 0 fully saturated rings. The molecule has 2 rings (SSSR count). The summed E-state index contributed by atoms with van der Waals surface area (Å²) in [5.41, 5.74) is 2.18. The molecule has 0 bridgehead atoms. The monoisotopic (exact) mass is 336 g/mol. The first-order valence-electron chi connectivity index (χ1n) is 7.17. The van der Waals surface area contributed by atoms with Gasteiger partial charge in [-0.1, -0.05) is 24.3 Å². The number of nitrogens with zero attached hydrogens (tertiary/aromatic N) is 2. The second-order valence-corrected chi connectivity index (χ2v) is 6.94. The third-order valence-corrected chi connectivity index (χ3v) is 4.41. The van der Waals surface area contributed by atoms with Gasteiger partial charge in [0.05, 0.1) is 12.2 Å². The lowest BCUT2D eigenvalue weighted by molar-refractivity contribution is -0.122. The van der Waals surface area contributed by atoms with E-state index in [1.165, 1.54) is 17.1 Å². The first-order chi connectivity index (χ1) is 10.8. The third kappa shape index (κ3) is 4.64. The molecule has 23 heavy (non-hydrogen) atoms. The van der Waals surface area contributed by atoms with Crippen molar-refractivity contribution in [3.8, 4) is 0 Å². The van der Waals surface area contributed by atoms with E-state index < -0.39 is 10.0 Å². The first kappa shape index (κ1) is 17.2. The predicted molar refractivity (Wildman–Crippen MR) is 86.0 cm³/mol. The van der Waals surface area contributed by atoms with Crippen LogP contribution in [0.5, 0.6) is 0 Å². The van der Waals surface area contributed by atoms with Gasteiger partial charge in [-0.15, -0.1) is 0 Å². The number of carbonyl (C=O) groups excluding carboxylic acids is 1. The van der Waals surface area contributed by atoms with E-state index in [1.807, 2.05) is 38.1 Å². The maximum absolute atomic E-state index is 12.0. The van der Waals surface area contributed by atoms with E-state index in [9.17, 15) is 13.2 Å². The van der Waals surface area contributed by atoms with Crippen LogP contribution in [0.1, 0.15) is 30.5 Å². The van der Waals surface area contributed by atoms with Crippen LogP contribution in [0.3, 0.4) is 0 Å². The van der Waals surface area contributed by atoms with Gasteiger partial charge in [0.2, 0.25) is 15.9 Å². The van der Waals surface area contributed by atoms with Gasteiger partial charge in [0.25, 0.3) is 0 Å². The summed E-state index contributed by atoms with van der Waals surface area (Å²) in [4.78, 5) is 12.0. The molecule has 1 atom stereocenters. The van der Waals surface area contributed by atoms with Crippen LogP contribution in [0.4, 0.5) is 0 Å². The molecule has 1 amide bonds. The maximum atomic E-state index is 12.0. The average Bonchev–Trinajstić information content (AvgIpc) is 2.94. The van der Waals surface area contributed by atoms with Gasteiger partial charge in [-0.2, -0.15) is 5.10 Å². The molecule has 0 aliphatic rings. The van der Waals surface area contributed by atoms with Gasteiger partial charge in [-0.25, -0.2) is 13.6 Å². The highest BCUT2D eigenvalue weighted by Gasteiger charge is 2.13. The van der Waals surface area contributed by atoms with Gasteiger partial charge in [0, 0.05) is 19.2 Å². The highest BCUT2D eigenvalue weighted by molar-refractivity contribution is 7.89. The number of hydrogen-bond acceptors (Lipinski definition) is 4. The summed E-state index contributed by atoms with van der Waals surface area (Å²) >= 11 is 0. The Morgan fingerprint density at radius 2 is 2.09 bits per heavy atom. The van der Waals surface area contributed by atoms with E-state index in [2.05, 4.69) is 10.4 Å². The van der Waals surface area contributed by atoms with Gasteiger partial charge < -0.3 is 5.32 Å². The van der Waals surface area contributed by atoms with Crippen molar-refractivity contribution in [2.24, 2.45) is 5.14 Å². The van der Waals surface area contributed by atoms with E-state index in [0.29, 0.717) is 0 Å². The van der Waals surface area contributed by atoms with Crippen molar-refractivity contribution < 1.29 is 13.2 Å².